The van der Waals surface area contributed by atoms with Gasteiger partial charge in [0.15, 0.2) is 0 Å². The Morgan fingerprint density at radius 3 is 1.75 bits per heavy atom. The van der Waals surface area contributed by atoms with Crippen LogP contribution in [0.1, 0.15) is 6.92 Å². The van der Waals surface area contributed by atoms with Gasteiger partial charge in [0.05, 0.1) is 0 Å². The fourth-order valence-corrected chi connectivity index (χ4v) is 0. The van der Waals surface area contributed by atoms with Gasteiger partial charge in [-0.3, -0.25) is 0 Å². The van der Waals surface area contributed by atoms with E-state index in [2.05, 4.69) is 6.58 Å². The zero-order valence-corrected chi connectivity index (χ0v) is 2.28. The number of allylic oxidation sites excluding steroid dienone is 1. The Morgan fingerprint density at radius 1 is 1.75 bits per heavy atom. The predicted molar refractivity (Wildman–Crippen MR) is 24.4 cm³/mol. The van der Waals surface area contributed by atoms with Crippen LogP contribution in [0.2, 0.25) is 0 Å². The van der Waals surface area contributed by atoms with Gasteiger partial charge in [-0.25, -0.2) is 0 Å². The fraction of sp³-hybridized carbons (Fsp3) is 0.333. The maximum absolute atomic E-state index is 3.36. The molecule has 0 heterocycles. The Balaban J connectivity index is 0. The zero-order chi connectivity index (χ0) is 2.71. The molecule has 22 valence electrons. The van der Waals surface area contributed by atoms with Crippen molar-refractivity contribution < 1.29 is 0 Å². The van der Waals surface area contributed by atoms with Crippen LogP contribution in [0.15, 0.2) is 12.7 Å². The molecule has 0 atom stereocenters. The van der Waals surface area contributed by atoms with Crippen LogP contribution in [0.4, 0.5) is 0 Å². The van der Waals surface area contributed by atoms with Crippen LogP contribution in [0.3, 0.4) is 0 Å². The van der Waals surface area contributed by atoms with Gasteiger partial charge in [0.2, 0.25) is 0 Å². The second-order valence-corrected chi connectivity index (χ2v) is 0.408. The first-order chi connectivity index (χ1) is 1.41. The van der Waals surface area contributed by atoms with Crippen molar-refractivity contribution in [3.05, 3.63) is 12.7 Å². The minimum atomic E-state index is 0. The Hall–Kier alpha value is 1.000. The van der Waals surface area contributed by atoms with Crippen molar-refractivity contribution in [2.24, 2.45) is 0 Å². The van der Waals surface area contributed by atoms with Crippen LogP contribution >= 0.6 is 0 Å². The van der Waals surface area contributed by atoms with Gasteiger partial charge in [0, 0.05) is 0 Å². The van der Waals surface area contributed by atoms with Crippen LogP contribution in [0.25, 0.3) is 0 Å². The first-order valence-electron chi connectivity index (χ1n) is 0.986. The van der Waals surface area contributed by atoms with E-state index >= 15 is 0 Å². The SMILES string of the molecule is C=CC.[CaH2]. The summed E-state index contributed by atoms with van der Waals surface area (Å²) >= 11 is 0. The van der Waals surface area contributed by atoms with Crippen LogP contribution in [-0.2, 0) is 0 Å². The van der Waals surface area contributed by atoms with Crippen molar-refractivity contribution in [3.8, 4) is 0 Å². The summed E-state index contributed by atoms with van der Waals surface area (Å²) in [5.41, 5.74) is 0. The molecule has 0 aliphatic rings. The molecule has 0 aliphatic carbocycles. The normalized spacial score (nSPS) is 3.25. The molecule has 0 spiro atoms. The number of hydrogen-bond donors (Lipinski definition) is 0. The molecule has 0 aliphatic heterocycles. The standard InChI is InChI=1S/C3H6.Ca.2H/c1-3-2;;;/h3H,1H2,2H3;;;. The summed E-state index contributed by atoms with van der Waals surface area (Å²) in [5, 5.41) is 0. The van der Waals surface area contributed by atoms with E-state index in [1.165, 1.54) is 0 Å². The molecule has 0 saturated heterocycles. The topological polar surface area (TPSA) is 0 Å². The van der Waals surface area contributed by atoms with E-state index in [1.807, 2.05) is 6.92 Å². The summed E-state index contributed by atoms with van der Waals surface area (Å²) in [4.78, 5) is 0. The monoisotopic (exact) mass is 84.0 g/mol. The molecule has 0 unspecified atom stereocenters. The summed E-state index contributed by atoms with van der Waals surface area (Å²) in [6.45, 7) is 5.25. The van der Waals surface area contributed by atoms with Crippen LogP contribution < -0.4 is 0 Å². The summed E-state index contributed by atoms with van der Waals surface area (Å²) in [5.74, 6) is 0. The summed E-state index contributed by atoms with van der Waals surface area (Å²) in [6.07, 6.45) is 1.75. The van der Waals surface area contributed by atoms with Gasteiger partial charge in [0.25, 0.3) is 0 Å². The molecule has 0 saturated carbocycles. The summed E-state index contributed by atoms with van der Waals surface area (Å²) < 4.78 is 0. The molecule has 4 heavy (non-hydrogen) atoms. The van der Waals surface area contributed by atoms with E-state index in [1.54, 1.807) is 6.08 Å². The zero-order valence-electron chi connectivity index (χ0n) is 2.28. The van der Waals surface area contributed by atoms with Gasteiger partial charge in [-0.05, 0) is 6.92 Å². The van der Waals surface area contributed by atoms with Crippen molar-refractivity contribution in [1.29, 1.82) is 0 Å². The third kappa shape index (κ3) is 12.0. The predicted octanol–water partition coefficient (Wildman–Crippen LogP) is 0.276. The van der Waals surface area contributed by atoms with Crippen LogP contribution in [0, 0.1) is 0 Å². The molecule has 0 nitrogen and oxygen atoms in total. The number of rotatable bonds is 0. The maximum atomic E-state index is 3.36. The second-order valence-electron chi connectivity index (χ2n) is 0.408. The molecule has 0 bridgehead atoms. The van der Waals surface area contributed by atoms with Gasteiger partial charge >= 0.3 is 37.7 Å². The van der Waals surface area contributed by atoms with E-state index in [4.69, 9.17) is 0 Å². The van der Waals surface area contributed by atoms with Gasteiger partial charge in [-0.2, -0.15) is 0 Å². The van der Waals surface area contributed by atoms with Crippen molar-refractivity contribution >= 4 is 37.7 Å². The average molecular weight is 84.2 g/mol. The van der Waals surface area contributed by atoms with E-state index in [0.29, 0.717) is 0 Å². The molecule has 1 heteroatoms. The van der Waals surface area contributed by atoms with Crippen molar-refractivity contribution in [1.82, 2.24) is 0 Å². The molecule has 0 aromatic carbocycles. The van der Waals surface area contributed by atoms with Crippen molar-refractivity contribution in [2.45, 2.75) is 6.92 Å². The van der Waals surface area contributed by atoms with Crippen LogP contribution in [-0.4, -0.2) is 37.7 Å². The Kier molecular flexibility index (Phi) is 20.0. The van der Waals surface area contributed by atoms with E-state index < -0.39 is 0 Å². The summed E-state index contributed by atoms with van der Waals surface area (Å²) in [7, 11) is 0. The van der Waals surface area contributed by atoms with Gasteiger partial charge < -0.3 is 0 Å². The second kappa shape index (κ2) is 9.00. The molecule has 0 aromatic rings. The molecule has 0 radical (unpaired) electrons. The first-order valence-corrected chi connectivity index (χ1v) is 0.986. The van der Waals surface area contributed by atoms with Gasteiger partial charge in [0.1, 0.15) is 0 Å². The van der Waals surface area contributed by atoms with E-state index in [9.17, 15) is 0 Å². The Labute approximate surface area is 56.9 Å². The quantitative estimate of drug-likeness (QED) is 0.292. The van der Waals surface area contributed by atoms with Crippen LogP contribution in [0.5, 0.6) is 0 Å². The average Bonchev–Trinajstić information content (AvgIpc) is 0.918. The third-order valence-corrected chi connectivity index (χ3v) is 0. The van der Waals surface area contributed by atoms with Crippen molar-refractivity contribution in [3.63, 3.8) is 0 Å². The molecule has 0 aromatic heterocycles. The van der Waals surface area contributed by atoms with Gasteiger partial charge in [-0.15, -0.1) is 6.58 Å². The Morgan fingerprint density at radius 2 is 1.75 bits per heavy atom. The molecule has 0 rings (SSSR count). The minimum absolute atomic E-state index is 0. The number of hydrogen-bond acceptors (Lipinski definition) is 0. The van der Waals surface area contributed by atoms with E-state index in [-0.39, 0.29) is 37.7 Å². The first kappa shape index (κ1) is 8.89. The molecule has 0 amide bonds. The fourth-order valence-electron chi connectivity index (χ4n) is 0. The summed E-state index contributed by atoms with van der Waals surface area (Å²) in [6, 6.07) is 0. The van der Waals surface area contributed by atoms with Crippen molar-refractivity contribution in [2.75, 3.05) is 0 Å². The molecule has 0 N–H and O–H groups in total. The third-order valence-electron chi connectivity index (χ3n) is 0. The molecular formula is C3H8Ca. The molecular weight excluding hydrogens is 76.1 g/mol. The van der Waals surface area contributed by atoms with Gasteiger partial charge in [-0.1, -0.05) is 6.08 Å². The Bertz CT molecular complexity index is 10.8. The molecule has 0 fully saturated rings. The van der Waals surface area contributed by atoms with E-state index in [0.717, 1.165) is 0 Å².